The van der Waals surface area contributed by atoms with Crippen molar-refractivity contribution in [2.45, 2.75) is 46.1 Å². The smallest absolute Gasteiger partial charge is 0.236 e. The molecule has 88 valence electrons. The molecule has 0 saturated heterocycles. The summed E-state index contributed by atoms with van der Waals surface area (Å²) < 4.78 is 0. The van der Waals surface area contributed by atoms with Gasteiger partial charge in [0.2, 0.25) is 5.91 Å². The van der Waals surface area contributed by atoms with Crippen LogP contribution < -0.4 is 11.1 Å². The molecule has 15 heavy (non-hydrogen) atoms. The van der Waals surface area contributed by atoms with Crippen molar-refractivity contribution in [3.63, 3.8) is 0 Å². The fourth-order valence-electron chi connectivity index (χ4n) is 2.23. The molecule has 3 nitrogen and oxygen atoms in total. The van der Waals surface area contributed by atoms with Crippen LogP contribution in [0.1, 0.15) is 40.0 Å². The molecule has 1 fully saturated rings. The molecule has 3 N–H and O–H groups in total. The van der Waals surface area contributed by atoms with Gasteiger partial charge in [-0.1, -0.05) is 20.8 Å². The second kappa shape index (κ2) is 5.50. The van der Waals surface area contributed by atoms with Gasteiger partial charge >= 0.3 is 0 Å². The van der Waals surface area contributed by atoms with E-state index in [-0.39, 0.29) is 11.9 Å². The Balaban J connectivity index is 2.12. The van der Waals surface area contributed by atoms with Crippen molar-refractivity contribution in [2.24, 2.45) is 23.5 Å². The highest BCUT2D eigenvalue weighted by Crippen LogP contribution is 2.32. The van der Waals surface area contributed by atoms with Crippen LogP contribution in [-0.2, 0) is 4.79 Å². The van der Waals surface area contributed by atoms with Crippen molar-refractivity contribution in [3.8, 4) is 0 Å². The summed E-state index contributed by atoms with van der Waals surface area (Å²) in [5.41, 5.74) is 5.78. The SMILES string of the molecule is CC(C)C[C@H](N)C(=O)NCC1CC(C)C1. The Hall–Kier alpha value is -0.570. The van der Waals surface area contributed by atoms with E-state index in [1.807, 2.05) is 0 Å². The zero-order valence-corrected chi connectivity index (χ0v) is 10.1. The van der Waals surface area contributed by atoms with Crippen LogP contribution in [0.15, 0.2) is 0 Å². The number of rotatable bonds is 5. The molecule has 1 aliphatic rings. The normalized spacial score (nSPS) is 27.3. The third-order valence-electron chi connectivity index (χ3n) is 3.10. The molecule has 1 saturated carbocycles. The summed E-state index contributed by atoms with van der Waals surface area (Å²) in [6, 6.07) is -0.331. The van der Waals surface area contributed by atoms with Gasteiger partial charge in [0.15, 0.2) is 0 Å². The Kier molecular flexibility index (Phi) is 4.58. The average Bonchev–Trinajstić information content (AvgIpc) is 2.08. The maximum atomic E-state index is 11.6. The van der Waals surface area contributed by atoms with Gasteiger partial charge in [-0.25, -0.2) is 0 Å². The molecule has 0 heterocycles. The minimum Gasteiger partial charge on any atom is -0.354 e. The highest BCUT2D eigenvalue weighted by molar-refractivity contribution is 5.81. The molecular weight excluding hydrogens is 188 g/mol. The predicted octanol–water partition coefficient (Wildman–Crippen LogP) is 1.52. The van der Waals surface area contributed by atoms with Crippen molar-refractivity contribution in [3.05, 3.63) is 0 Å². The number of nitrogens with one attached hydrogen (secondary N) is 1. The van der Waals surface area contributed by atoms with Crippen LogP contribution in [0.25, 0.3) is 0 Å². The summed E-state index contributed by atoms with van der Waals surface area (Å²) in [5, 5.41) is 2.95. The highest BCUT2D eigenvalue weighted by atomic mass is 16.2. The number of carbonyl (C=O) groups is 1. The number of hydrogen-bond donors (Lipinski definition) is 2. The van der Waals surface area contributed by atoms with Gasteiger partial charge in [0.25, 0.3) is 0 Å². The third-order valence-corrected chi connectivity index (χ3v) is 3.10. The van der Waals surface area contributed by atoms with E-state index in [2.05, 4.69) is 26.1 Å². The Morgan fingerprint density at radius 3 is 2.53 bits per heavy atom. The quantitative estimate of drug-likeness (QED) is 0.726. The first-order chi connectivity index (χ1) is 6.99. The van der Waals surface area contributed by atoms with Gasteiger partial charge in [0.1, 0.15) is 0 Å². The summed E-state index contributed by atoms with van der Waals surface area (Å²) >= 11 is 0. The maximum absolute atomic E-state index is 11.6. The second-order valence-corrected chi connectivity index (χ2v) is 5.42. The van der Waals surface area contributed by atoms with E-state index in [1.54, 1.807) is 0 Å². The molecular formula is C12H24N2O. The molecule has 1 aliphatic carbocycles. The van der Waals surface area contributed by atoms with Gasteiger partial charge < -0.3 is 11.1 Å². The van der Waals surface area contributed by atoms with Crippen LogP contribution in [0.3, 0.4) is 0 Å². The standard InChI is InChI=1S/C12H24N2O/c1-8(2)4-11(13)12(15)14-7-10-5-9(3)6-10/h8-11H,4-7,13H2,1-3H3,(H,14,15)/t9?,10?,11-/m0/s1. The van der Waals surface area contributed by atoms with Crippen molar-refractivity contribution < 1.29 is 4.79 Å². The molecule has 1 atom stereocenters. The van der Waals surface area contributed by atoms with E-state index in [4.69, 9.17) is 5.73 Å². The monoisotopic (exact) mass is 212 g/mol. The average molecular weight is 212 g/mol. The number of hydrogen-bond acceptors (Lipinski definition) is 2. The molecule has 0 aromatic carbocycles. The molecule has 0 aliphatic heterocycles. The fourth-order valence-corrected chi connectivity index (χ4v) is 2.23. The molecule has 0 radical (unpaired) electrons. The Morgan fingerprint density at radius 2 is 2.07 bits per heavy atom. The topological polar surface area (TPSA) is 55.1 Å². The van der Waals surface area contributed by atoms with Crippen LogP contribution in [0.4, 0.5) is 0 Å². The van der Waals surface area contributed by atoms with Gasteiger partial charge in [-0.05, 0) is 37.0 Å². The predicted molar refractivity (Wildman–Crippen MR) is 62.3 cm³/mol. The van der Waals surface area contributed by atoms with Gasteiger partial charge in [0, 0.05) is 6.54 Å². The first-order valence-electron chi connectivity index (χ1n) is 6.02. The molecule has 0 unspecified atom stereocenters. The summed E-state index contributed by atoms with van der Waals surface area (Å²) in [6.07, 6.45) is 3.27. The summed E-state index contributed by atoms with van der Waals surface area (Å²) in [7, 11) is 0. The lowest BCUT2D eigenvalue weighted by molar-refractivity contribution is -0.123. The Labute approximate surface area is 92.8 Å². The third kappa shape index (κ3) is 4.20. The number of amides is 1. The lowest BCUT2D eigenvalue weighted by Gasteiger charge is -2.33. The Bertz CT molecular complexity index is 210. The molecule has 0 spiro atoms. The number of nitrogens with two attached hydrogens (primary N) is 1. The highest BCUT2D eigenvalue weighted by Gasteiger charge is 2.26. The summed E-state index contributed by atoms with van der Waals surface area (Å²) in [5.74, 6) is 2.03. The van der Waals surface area contributed by atoms with Crippen LogP contribution in [0, 0.1) is 17.8 Å². The van der Waals surface area contributed by atoms with E-state index in [9.17, 15) is 4.79 Å². The molecule has 0 bridgehead atoms. The first kappa shape index (κ1) is 12.5. The van der Waals surface area contributed by atoms with E-state index in [0.29, 0.717) is 11.8 Å². The zero-order chi connectivity index (χ0) is 11.4. The van der Waals surface area contributed by atoms with Gasteiger partial charge in [-0.3, -0.25) is 4.79 Å². The number of carbonyl (C=O) groups excluding carboxylic acids is 1. The van der Waals surface area contributed by atoms with Crippen molar-refractivity contribution in [2.75, 3.05) is 6.54 Å². The molecule has 3 heteroatoms. The van der Waals surface area contributed by atoms with Gasteiger partial charge in [0.05, 0.1) is 6.04 Å². The van der Waals surface area contributed by atoms with Crippen molar-refractivity contribution in [1.82, 2.24) is 5.32 Å². The van der Waals surface area contributed by atoms with E-state index >= 15 is 0 Å². The van der Waals surface area contributed by atoms with Crippen LogP contribution in [0.5, 0.6) is 0 Å². The van der Waals surface area contributed by atoms with Crippen LogP contribution in [0.2, 0.25) is 0 Å². The second-order valence-electron chi connectivity index (χ2n) is 5.42. The van der Waals surface area contributed by atoms with Crippen molar-refractivity contribution in [1.29, 1.82) is 0 Å². The van der Waals surface area contributed by atoms with Gasteiger partial charge in [-0.2, -0.15) is 0 Å². The first-order valence-corrected chi connectivity index (χ1v) is 6.02. The lowest BCUT2D eigenvalue weighted by atomic mass is 9.76. The lowest BCUT2D eigenvalue weighted by Crippen LogP contribution is -2.44. The largest absolute Gasteiger partial charge is 0.354 e. The molecule has 1 rings (SSSR count). The van der Waals surface area contributed by atoms with E-state index in [0.717, 1.165) is 18.9 Å². The molecule has 0 aromatic heterocycles. The van der Waals surface area contributed by atoms with Crippen LogP contribution in [-0.4, -0.2) is 18.5 Å². The minimum atomic E-state index is -0.331. The summed E-state index contributed by atoms with van der Waals surface area (Å²) in [4.78, 5) is 11.6. The van der Waals surface area contributed by atoms with E-state index in [1.165, 1.54) is 12.8 Å². The van der Waals surface area contributed by atoms with E-state index < -0.39 is 0 Å². The van der Waals surface area contributed by atoms with Gasteiger partial charge in [-0.15, -0.1) is 0 Å². The fraction of sp³-hybridized carbons (Fsp3) is 0.917. The minimum absolute atomic E-state index is 0.0169. The maximum Gasteiger partial charge on any atom is 0.236 e. The van der Waals surface area contributed by atoms with Crippen LogP contribution >= 0.6 is 0 Å². The summed E-state index contributed by atoms with van der Waals surface area (Å²) in [6.45, 7) is 7.24. The molecule has 1 amide bonds. The Morgan fingerprint density at radius 1 is 1.47 bits per heavy atom. The zero-order valence-electron chi connectivity index (χ0n) is 10.1. The molecule has 0 aromatic rings. The van der Waals surface area contributed by atoms with Crippen molar-refractivity contribution >= 4 is 5.91 Å².